The third-order valence-electron chi connectivity index (χ3n) is 7.33. The number of hydrogen-bond acceptors (Lipinski definition) is 2. The van der Waals surface area contributed by atoms with Crippen LogP contribution in [0.3, 0.4) is 0 Å². The Morgan fingerprint density at radius 1 is 0.828 bits per heavy atom. The van der Waals surface area contributed by atoms with Gasteiger partial charge in [0.05, 0.1) is 19.1 Å². The second kappa shape index (κ2) is 7.88. The molecule has 2 heterocycles. The van der Waals surface area contributed by atoms with E-state index in [-0.39, 0.29) is 11.8 Å². The monoisotopic (exact) mass is 393 g/mol. The maximum absolute atomic E-state index is 13.0. The Hall–Kier alpha value is -2.24. The smallest absolute Gasteiger partial charge is 0.261 e. The summed E-state index contributed by atoms with van der Waals surface area (Å²) in [5.74, 6) is -0.268. The van der Waals surface area contributed by atoms with Gasteiger partial charge in [0.25, 0.3) is 11.8 Å². The zero-order chi connectivity index (χ0) is 19.8. The number of piperazine rings is 1. The molecule has 2 fully saturated rings. The molecule has 5 nitrogen and oxygen atoms in total. The lowest BCUT2D eigenvalue weighted by Gasteiger charge is -2.36. The van der Waals surface area contributed by atoms with Gasteiger partial charge in [-0.3, -0.25) is 14.5 Å². The van der Waals surface area contributed by atoms with Gasteiger partial charge in [-0.1, -0.05) is 30.7 Å². The number of hydrogen-bond donors (Lipinski definition) is 2. The summed E-state index contributed by atoms with van der Waals surface area (Å²) in [6.45, 7) is 6.11. The van der Waals surface area contributed by atoms with Gasteiger partial charge in [0.2, 0.25) is 0 Å². The molecule has 0 radical (unpaired) electrons. The first-order chi connectivity index (χ1) is 14.2. The summed E-state index contributed by atoms with van der Waals surface area (Å²) in [5.41, 5.74) is 1.33. The number of nitrogens with zero attached hydrogens (tertiary/aromatic N) is 1. The quantitative estimate of drug-likeness (QED) is 0.746. The highest BCUT2D eigenvalue weighted by molar-refractivity contribution is 6.25. The van der Waals surface area contributed by atoms with Crippen molar-refractivity contribution < 1.29 is 19.4 Å². The standard InChI is InChI=1S/C24H29N3O2/c28-23-20-10-4-6-18-7-5-11-21(22(18)20)24(29)27(23)17-14-25-12-15-26(16-13-25)19-8-2-1-3-9-19/h4-7,10-11,19H,1-3,8-9,12-17H2/p+2. The third kappa shape index (κ3) is 3.47. The average Bonchev–Trinajstić information content (AvgIpc) is 2.78. The van der Waals surface area contributed by atoms with Gasteiger partial charge >= 0.3 is 0 Å². The molecule has 2 aromatic carbocycles. The molecule has 1 saturated carbocycles. The highest BCUT2D eigenvalue weighted by atomic mass is 16.2. The van der Waals surface area contributed by atoms with E-state index in [2.05, 4.69) is 0 Å². The Morgan fingerprint density at radius 2 is 1.45 bits per heavy atom. The van der Waals surface area contributed by atoms with Crippen molar-refractivity contribution in [3.63, 3.8) is 0 Å². The molecular weight excluding hydrogens is 362 g/mol. The molecule has 5 heteroatoms. The van der Waals surface area contributed by atoms with E-state index in [1.807, 2.05) is 36.4 Å². The lowest BCUT2D eigenvalue weighted by atomic mass is 9.93. The first kappa shape index (κ1) is 18.8. The maximum atomic E-state index is 13.0. The highest BCUT2D eigenvalue weighted by Gasteiger charge is 2.35. The van der Waals surface area contributed by atoms with Gasteiger partial charge in [-0.25, -0.2) is 0 Å². The predicted octanol–water partition coefficient (Wildman–Crippen LogP) is 0.552. The molecular formula is C24H31N3O2+2. The fourth-order valence-electron chi connectivity index (χ4n) is 5.65. The van der Waals surface area contributed by atoms with Gasteiger partial charge in [0, 0.05) is 16.5 Å². The zero-order valence-electron chi connectivity index (χ0n) is 17.1. The lowest BCUT2D eigenvalue weighted by Crippen LogP contribution is -3.29. The topological polar surface area (TPSA) is 46.3 Å². The number of carbonyl (C=O) groups is 2. The first-order valence-corrected chi connectivity index (χ1v) is 11.3. The van der Waals surface area contributed by atoms with Crippen molar-refractivity contribution in [3.8, 4) is 0 Å². The molecule has 0 atom stereocenters. The Balaban J connectivity index is 1.23. The van der Waals surface area contributed by atoms with Crippen molar-refractivity contribution >= 4 is 22.6 Å². The molecule has 1 saturated heterocycles. The maximum Gasteiger partial charge on any atom is 0.261 e. The second-order valence-corrected chi connectivity index (χ2v) is 8.96. The molecule has 0 unspecified atom stereocenters. The van der Waals surface area contributed by atoms with E-state index < -0.39 is 0 Å². The number of benzene rings is 2. The van der Waals surface area contributed by atoms with Gasteiger partial charge in [-0.2, -0.15) is 0 Å². The molecule has 2 amide bonds. The number of carbonyl (C=O) groups excluding carboxylic acids is 2. The fourth-order valence-corrected chi connectivity index (χ4v) is 5.65. The van der Waals surface area contributed by atoms with E-state index >= 15 is 0 Å². The van der Waals surface area contributed by atoms with E-state index in [1.54, 1.807) is 4.90 Å². The van der Waals surface area contributed by atoms with E-state index in [0.717, 1.165) is 36.4 Å². The van der Waals surface area contributed by atoms with Gasteiger partial charge in [-0.05, 0) is 43.2 Å². The van der Waals surface area contributed by atoms with E-state index in [9.17, 15) is 9.59 Å². The normalized spacial score (nSPS) is 25.6. The summed E-state index contributed by atoms with van der Waals surface area (Å²) in [4.78, 5) is 30.9. The molecule has 2 N–H and O–H groups in total. The number of quaternary nitrogens is 2. The summed E-state index contributed by atoms with van der Waals surface area (Å²) in [6, 6.07) is 12.3. The molecule has 1 aliphatic carbocycles. The summed E-state index contributed by atoms with van der Waals surface area (Å²) >= 11 is 0. The van der Waals surface area contributed by atoms with Crippen LogP contribution in [0.5, 0.6) is 0 Å². The van der Waals surface area contributed by atoms with Crippen LogP contribution in [0, 0.1) is 0 Å². The zero-order valence-corrected chi connectivity index (χ0v) is 17.1. The van der Waals surface area contributed by atoms with Crippen LogP contribution in [-0.4, -0.2) is 62.0 Å². The van der Waals surface area contributed by atoms with Crippen LogP contribution < -0.4 is 9.80 Å². The Bertz CT molecular complexity index is 876. The van der Waals surface area contributed by atoms with Crippen LogP contribution in [-0.2, 0) is 0 Å². The minimum absolute atomic E-state index is 0.134. The summed E-state index contributed by atoms with van der Waals surface area (Å²) in [7, 11) is 0. The molecule has 2 aromatic rings. The molecule has 5 rings (SSSR count). The van der Waals surface area contributed by atoms with E-state index in [4.69, 9.17) is 0 Å². The highest BCUT2D eigenvalue weighted by Crippen LogP contribution is 2.29. The van der Waals surface area contributed by atoms with E-state index in [1.165, 1.54) is 55.0 Å². The van der Waals surface area contributed by atoms with Crippen LogP contribution in [0.15, 0.2) is 36.4 Å². The van der Waals surface area contributed by atoms with Crippen molar-refractivity contribution in [1.82, 2.24) is 4.90 Å². The molecule has 3 aliphatic rings. The molecule has 2 aliphatic heterocycles. The van der Waals surface area contributed by atoms with Crippen LogP contribution in [0.2, 0.25) is 0 Å². The predicted molar refractivity (Wildman–Crippen MR) is 112 cm³/mol. The van der Waals surface area contributed by atoms with Crippen LogP contribution in [0.1, 0.15) is 52.8 Å². The summed E-state index contributed by atoms with van der Waals surface area (Å²) in [5, 5.41) is 1.78. The summed E-state index contributed by atoms with van der Waals surface area (Å²) in [6.07, 6.45) is 7.00. The largest absolute Gasteiger partial charge is 0.324 e. The Morgan fingerprint density at radius 3 is 2.07 bits per heavy atom. The van der Waals surface area contributed by atoms with Crippen molar-refractivity contribution in [2.75, 3.05) is 39.3 Å². The number of amides is 2. The number of nitrogens with one attached hydrogen (secondary N) is 2. The Kier molecular flexibility index (Phi) is 5.10. The Labute approximate surface area is 172 Å². The average molecular weight is 394 g/mol. The van der Waals surface area contributed by atoms with E-state index in [0.29, 0.717) is 17.7 Å². The van der Waals surface area contributed by atoms with Gasteiger partial charge in [0.15, 0.2) is 0 Å². The van der Waals surface area contributed by atoms with Gasteiger partial charge < -0.3 is 9.80 Å². The molecule has 0 spiro atoms. The van der Waals surface area contributed by atoms with Crippen molar-refractivity contribution in [1.29, 1.82) is 0 Å². The van der Waals surface area contributed by atoms with Crippen molar-refractivity contribution in [3.05, 3.63) is 47.5 Å². The molecule has 29 heavy (non-hydrogen) atoms. The number of imide groups is 1. The minimum Gasteiger partial charge on any atom is -0.324 e. The first-order valence-electron chi connectivity index (χ1n) is 11.3. The van der Waals surface area contributed by atoms with Crippen LogP contribution in [0.25, 0.3) is 10.8 Å². The second-order valence-electron chi connectivity index (χ2n) is 8.96. The lowest BCUT2D eigenvalue weighted by molar-refractivity contribution is -1.02. The third-order valence-corrected chi connectivity index (χ3v) is 7.33. The van der Waals surface area contributed by atoms with Crippen molar-refractivity contribution in [2.24, 2.45) is 0 Å². The summed E-state index contributed by atoms with van der Waals surface area (Å²) < 4.78 is 0. The van der Waals surface area contributed by atoms with Crippen LogP contribution in [0.4, 0.5) is 0 Å². The molecule has 0 aromatic heterocycles. The number of rotatable bonds is 4. The molecule has 0 bridgehead atoms. The van der Waals surface area contributed by atoms with Gasteiger partial charge in [-0.15, -0.1) is 0 Å². The SMILES string of the molecule is O=C1c2cccc3cccc(c23)C(=O)N1CC[NH+]1CC[NH+](C2CCCCC2)CC1. The van der Waals surface area contributed by atoms with Gasteiger partial charge in [0.1, 0.15) is 26.2 Å². The molecule has 152 valence electrons. The van der Waals surface area contributed by atoms with Crippen LogP contribution >= 0.6 is 0 Å². The van der Waals surface area contributed by atoms with Crippen molar-refractivity contribution in [2.45, 2.75) is 38.1 Å². The fraction of sp³-hybridized carbons (Fsp3) is 0.500. The minimum atomic E-state index is -0.134.